The van der Waals surface area contributed by atoms with E-state index in [1.165, 1.54) is 18.6 Å². The van der Waals surface area contributed by atoms with Gasteiger partial charge in [-0.1, -0.05) is 0 Å². The number of thiophene rings is 1. The van der Waals surface area contributed by atoms with E-state index in [9.17, 15) is 0 Å². The summed E-state index contributed by atoms with van der Waals surface area (Å²) in [7, 11) is 0. The summed E-state index contributed by atoms with van der Waals surface area (Å²) in [6.07, 6.45) is 2.08. The first-order chi connectivity index (χ1) is 6.24. The highest BCUT2D eigenvalue weighted by atomic mass is 127. The van der Waals surface area contributed by atoms with Gasteiger partial charge in [-0.3, -0.25) is 0 Å². The van der Waals surface area contributed by atoms with E-state index >= 15 is 0 Å². The van der Waals surface area contributed by atoms with Crippen molar-refractivity contribution in [2.75, 3.05) is 12.0 Å². The Bertz CT molecular complexity index is 450. The number of hydrogen-bond acceptors (Lipinski definition) is 3. The second-order valence-corrected chi connectivity index (χ2v) is 5.49. The number of fused-ring (bicyclic) bond motifs is 1. The highest BCUT2D eigenvalue weighted by Crippen LogP contribution is 2.36. The van der Waals surface area contributed by atoms with Gasteiger partial charge in [-0.05, 0) is 46.4 Å². The molecule has 2 aromatic rings. The molecular formula is C9H8INS2. The quantitative estimate of drug-likeness (QED) is 0.491. The Balaban J connectivity index is 2.85. The maximum atomic E-state index is 5.94. The van der Waals surface area contributed by atoms with Crippen LogP contribution in [-0.2, 0) is 0 Å². The summed E-state index contributed by atoms with van der Waals surface area (Å²) in [5.41, 5.74) is 6.84. The fraction of sp³-hybridized carbons (Fsp3) is 0.111. The summed E-state index contributed by atoms with van der Waals surface area (Å²) in [6.45, 7) is 0. The average Bonchev–Trinajstić information content (AvgIpc) is 2.60. The third-order valence-corrected chi connectivity index (χ3v) is 5.14. The number of rotatable bonds is 1. The van der Waals surface area contributed by atoms with Gasteiger partial charge in [0, 0.05) is 13.9 Å². The molecule has 0 atom stereocenters. The van der Waals surface area contributed by atoms with Gasteiger partial charge in [-0.25, -0.2) is 0 Å². The first kappa shape index (κ1) is 9.61. The molecule has 0 aliphatic rings. The Labute approximate surface area is 98.8 Å². The smallest absolute Gasteiger partial charge is 0.0583 e. The SMILES string of the molecule is CSc1cc(N)c2sccc2c1I. The van der Waals surface area contributed by atoms with E-state index in [0.717, 1.165) is 5.69 Å². The summed E-state index contributed by atoms with van der Waals surface area (Å²) < 4.78 is 2.53. The molecule has 68 valence electrons. The Morgan fingerprint density at radius 2 is 2.31 bits per heavy atom. The number of nitrogens with two attached hydrogens (primary N) is 1. The lowest BCUT2D eigenvalue weighted by Crippen LogP contribution is -1.88. The zero-order valence-corrected chi connectivity index (χ0v) is 10.8. The lowest BCUT2D eigenvalue weighted by Gasteiger charge is -2.04. The van der Waals surface area contributed by atoms with E-state index < -0.39 is 0 Å². The predicted octanol–water partition coefficient (Wildman–Crippen LogP) is 3.81. The summed E-state index contributed by atoms with van der Waals surface area (Å²) in [5.74, 6) is 0. The fourth-order valence-corrected chi connectivity index (χ4v) is 4.07. The van der Waals surface area contributed by atoms with Crippen molar-refractivity contribution in [3.63, 3.8) is 0 Å². The molecule has 0 amide bonds. The first-order valence-corrected chi connectivity index (χ1v) is 6.91. The zero-order chi connectivity index (χ0) is 9.42. The molecule has 2 N–H and O–H groups in total. The fourth-order valence-electron chi connectivity index (χ4n) is 1.26. The van der Waals surface area contributed by atoms with E-state index in [-0.39, 0.29) is 0 Å². The van der Waals surface area contributed by atoms with E-state index in [4.69, 9.17) is 5.73 Å². The summed E-state index contributed by atoms with van der Waals surface area (Å²) in [4.78, 5) is 1.27. The Hall–Kier alpha value is 0.0600. The molecule has 0 saturated heterocycles. The van der Waals surface area contributed by atoms with Crippen molar-refractivity contribution in [3.8, 4) is 0 Å². The Morgan fingerprint density at radius 3 is 3.00 bits per heavy atom. The average molecular weight is 321 g/mol. The number of hydrogen-bond donors (Lipinski definition) is 1. The standard InChI is InChI=1S/C9H8INS2/c1-12-7-4-6(11)9-5(8(7)10)2-3-13-9/h2-4H,11H2,1H3. The molecule has 0 bridgehead atoms. The van der Waals surface area contributed by atoms with Crippen molar-refractivity contribution < 1.29 is 0 Å². The van der Waals surface area contributed by atoms with Gasteiger partial charge in [-0.15, -0.1) is 23.1 Å². The molecule has 0 unspecified atom stereocenters. The van der Waals surface area contributed by atoms with Crippen molar-refractivity contribution in [3.05, 3.63) is 21.1 Å². The molecule has 1 nitrogen and oxygen atoms in total. The largest absolute Gasteiger partial charge is 0.398 e. The van der Waals surface area contributed by atoms with Crippen LogP contribution in [0.25, 0.3) is 10.1 Å². The maximum Gasteiger partial charge on any atom is 0.0583 e. The normalized spacial score (nSPS) is 10.9. The topological polar surface area (TPSA) is 26.0 Å². The molecular weight excluding hydrogens is 313 g/mol. The van der Waals surface area contributed by atoms with Crippen LogP contribution in [-0.4, -0.2) is 6.26 Å². The van der Waals surface area contributed by atoms with Gasteiger partial charge in [0.2, 0.25) is 0 Å². The molecule has 0 aliphatic carbocycles. The molecule has 13 heavy (non-hydrogen) atoms. The third kappa shape index (κ3) is 1.55. The molecule has 1 aromatic carbocycles. The zero-order valence-electron chi connectivity index (χ0n) is 7.00. The van der Waals surface area contributed by atoms with Crippen LogP contribution in [0.1, 0.15) is 0 Å². The van der Waals surface area contributed by atoms with Crippen LogP contribution in [0.15, 0.2) is 22.4 Å². The number of anilines is 1. The van der Waals surface area contributed by atoms with Crippen molar-refractivity contribution in [1.82, 2.24) is 0 Å². The summed E-state index contributed by atoms with van der Waals surface area (Å²) in [6, 6.07) is 4.20. The van der Waals surface area contributed by atoms with E-state index in [1.807, 2.05) is 0 Å². The molecule has 2 rings (SSSR count). The van der Waals surface area contributed by atoms with Gasteiger partial charge in [0.1, 0.15) is 0 Å². The molecule has 0 aliphatic heterocycles. The van der Waals surface area contributed by atoms with Crippen LogP contribution in [0.3, 0.4) is 0 Å². The molecule has 0 spiro atoms. The highest BCUT2D eigenvalue weighted by molar-refractivity contribution is 14.1. The van der Waals surface area contributed by atoms with E-state index in [1.54, 1.807) is 23.1 Å². The van der Waals surface area contributed by atoms with Crippen molar-refractivity contribution in [1.29, 1.82) is 0 Å². The van der Waals surface area contributed by atoms with E-state index in [0.29, 0.717) is 0 Å². The van der Waals surface area contributed by atoms with Crippen molar-refractivity contribution >= 4 is 61.5 Å². The molecule has 0 radical (unpaired) electrons. The van der Waals surface area contributed by atoms with Crippen LogP contribution < -0.4 is 5.73 Å². The number of thioether (sulfide) groups is 1. The highest BCUT2D eigenvalue weighted by Gasteiger charge is 2.08. The Kier molecular flexibility index (Phi) is 2.71. The van der Waals surface area contributed by atoms with Gasteiger partial charge in [0.25, 0.3) is 0 Å². The molecule has 0 fully saturated rings. The predicted molar refractivity (Wildman–Crippen MR) is 70.7 cm³/mol. The lowest BCUT2D eigenvalue weighted by atomic mass is 10.2. The van der Waals surface area contributed by atoms with Gasteiger partial charge in [-0.2, -0.15) is 0 Å². The van der Waals surface area contributed by atoms with Gasteiger partial charge < -0.3 is 5.73 Å². The minimum Gasteiger partial charge on any atom is -0.398 e. The third-order valence-electron chi connectivity index (χ3n) is 1.89. The maximum absolute atomic E-state index is 5.94. The monoisotopic (exact) mass is 321 g/mol. The lowest BCUT2D eigenvalue weighted by molar-refractivity contribution is 1.47. The number of nitrogen functional groups attached to an aromatic ring is 1. The number of halogens is 1. The molecule has 1 aromatic heterocycles. The van der Waals surface area contributed by atoms with Crippen molar-refractivity contribution in [2.24, 2.45) is 0 Å². The van der Waals surface area contributed by atoms with Crippen LogP contribution in [0.4, 0.5) is 5.69 Å². The number of benzene rings is 1. The minimum absolute atomic E-state index is 0.898. The van der Waals surface area contributed by atoms with Gasteiger partial charge >= 0.3 is 0 Å². The molecule has 4 heteroatoms. The summed E-state index contributed by atoms with van der Waals surface area (Å²) in [5, 5.41) is 3.38. The van der Waals surface area contributed by atoms with Crippen LogP contribution in [0.2, 0.25) is 0 Å². The minimum atomic E-state index is 0.898. The summed E-state index contributed by atoms with van der Waals surface area (Å²) >= 11 is 5.84. The van der Waals surface area contributed by atoms with E-state index in [2.05, 4.69) is 46.4 Å². The van der Waals surface area contributed by atoms with Gasteiger partial charge in [0.05, 0.1) is 10.4 Å². The van der Waals surface area contributed by atoms with Gasteiger partial charge in [0.15, 0.2) is 0 Å². The van der Waals surface area contributed by atoms with Crippen LogP contribution in [0.5, 0.6) is 0 Å². The molecule has 0 saturated carbocycles. The molecule has 1 heterocycles. The van der Waals surface area contributed by atoms with Crippen LogP contribution in [0, 0.1) is 3.57 Å². The van der Waals surface area contributed by atoms with Crippen LogP contribution >= 0.6 is 45.7 Å². The Morgan fingerprint density at radius 1 is 1.54 bits per heavy atom. The second kappa shape index (κ2) is 3.67. The van der Waals surface area contributed by atoms with Crippen molar-refractivity contribution in [2.45, 2.75) is 4.90 Å². The first-order valence-electron chi connectivity index (χ1n) is 3.73. The second-order valence-electron chi connectivity index (χ2n) is 2.65.